The van der Waals surface area contributed by atoms with E-state index in [1.54, 1.807) is 84.9 Å². The van der Waals surface area contributed by atoms with E-state index in [2.05, 4.69) is 46.5 Å². The van der Waals surface area contributed by atoms with Gasteiger partial charge in [-0.25, -0.2) is 4.79 Å². The van der Waals surface area contributed by atoms with E-state index in [9.17, 15) is 14.4 Å². The molecule has 13 nitrogen and oxygen atoms in total. The molecule has 0 saturated heterocycles. The highest BCUT2D eigenvalue weighted by Gasteiger charge is 2.22. The molecule has 0 atom stereocenters. The van der Waals surface area contributed by atoms with Gasteiger partial charge in [0.2, 0.25) is 0 Å². The number of nitrogen functional groups attached to an aromatic ring is 2. The molecule has 52 heavy (non-hydrogen) atoms. The van der Waals surface area contributed by atoms with Gasteiger partial charge in [0, 0.05) is 9.79 Å². The third kappa shape index (κ3) is 11.3. The maximum absolute atomic E-state index is 13.4. The number of carbonyl (C=O) groups is 3. The number of allylic oxidation sites excluding steroid dienone is 2. The molecule has 4 aromatic carbocycles. The number of amides is 2. The van der Waals surface area contributed by atoms with Crippen LogP contribution in [0.25, 0.3) is 0 Å². The highest BCUT2D eigenvalue weighted by Crippen LogP contribution is 2.26. The molecule has 0 bridgehead atoms. The molecule has 0 aromatic heterocycles. The molecule has 0 aliphatic rings. The lowest BCUT2D eigenvalue weighted by Gasteiger charge is -2.18. The van der Waals surface area contributed by atoms with E-state index in [0.717, 1.165) is 0 Å². The molecule has 0 fully saturated rings. The zero-order chi connectivity index (χ0) is 37.8. The third-order valence-corrected chi connectivity index (χ3v) is 8.03. The van der Waals surface area contributed by atoms with Crippen LogP contribution in [0.1, 0.15) is 13.8 Å². The largest absolute Gasteiger partial charge is 0.518 e. The molecule has 17 heteroatoms. The van der Waals surface area contributed by atoms with Crippen LogP contribution < -0.4 is 42.2 Å². The first kappa shape index (κ1) is 39.4. The molecule has 0 spiro atoms. The van der Waals surface area contributed by atoms with E-state index in [1.807, 2.05) is 0 Å². The van der Waals surface area contributed by atoms with Crippen LogP contribution in [0.5, 0.6) is 11.5 Å². The number of para-hydroxylation sites is 2. The summed E-state index contributed by atoms with van der Waals surface area (Å²) in [5.41, 5.74) is 12.8. The highest BCUT2D eigenvalue weighted by molar-refractivity contribution is 7.80. The number of nitrogens with one attached hydrogen (secondary N) is 4. The van der Waals surface area contributed by atoms with E-state index in [-0.39, 0.29) is 46.4 Å². The van der Waals surface area contributed by atoms with Crippen LogP contribution in [0.3, 0.4) is 0 Å². The maximum atomic E-state index is 13.4. The van der Waals surface area contributed by atoms with Gasteiger partial charge >= 0.3 is 6.16 Å². The number of hydrogen-bond acceptors (Lipinski definition) is 13. The predicted octanol–water partition coefficient (Wildman–Crippen LogP) is 7.18. The molecule has 0 heterocycles. The maximum Gasteiger partial charge on any atom is 0.518 e. The van der Waals surface area contributed by atoms with E-state index < -0.39 is 18.0 Å². The van der Waals surface area contributed by atoms with Crippen molar-refractivity contribution in [3.63, 3.8) is 0 Å². The van der Waals surface area contributed by atoms with Crippen LogP contribution in [0, 0.1) is 0 Å². The number of hydrogen-bond donors (Lipinski definition) is 8. The number of nitrogens with two attached hydrogens (primary N) is 2. The first-order chi connectivity index (χ1) is 24.8. The number of thiol groups is 2. The molecule has 2 amide bonds. The van der Waals surface area contributed by atoms with Gasteiger partial charge < -0.3 is 51.7 Å². The topological polar surface area (TPSA) is 188 Å². The van der Waals surface area contributed by atoms with Crippen LogP contribution in [0.4, 0.5) is 27.5 Å². The summed E-state index contributed by atoms with van der Waals surface area (Å²) in [5.74, 6) is -1.25. The fourth-order valence-electron chi connectivity index (χ4n) is 4.30. The Bertz CT molecular complexity index is 1890. The fourth-order valence-corrected chi connectivity index (χ4v) is 5.10. The van der Waals surface area contributed by atoms with E-state index in [1.165, 1.54) is 13.8 Å². The van der Waals surface area contributed by atoms with Crippen LogP contribution in [0.15, 0.2) is 118 Å². The minimum absolute atomic E-state index is 0.212. The second-order valence-corrected chi connectivity index (χ2v) is 12.4. The van der Waals surface area contributed by atoms with E-state index in [4.69, 9.17) is 53.6 Å². The Morgan fingerprint density at radius 3 is 1.38 bits per heavy atom. The number of halogens is 2. The first-order valence-electron chi connectivity index (χ1n) is 15.2. The summed E-state index contributed by atoms with van der Waals surface area (Å²) in [4.78, 5) is 41.2. The molecule has 0 unspecified atom stereocenters. The summed E-state index contributed by atoms with van der Waals surface area (Å²) in [6.45, 7) is 2.15. The first-order valence-corrected chi connectivity index (χ1v) is 16.8. The summed E-state index contributed by atoms with van der Waals surface area (Å²) in [6.07, 6.45) is -1.28. The number of ether oxygens (including phenoxy) is 4. The van der Waals surface area contributed by atoms with Gasteiger partial charge in [-0.05, 0) is 74.5 Å². The Morgan fingerprint density at radius 2 is 1.02 bits per heavy atom. The van der Waals surface area contributed by atoms with Gasteiger partial charge in [-0.1, -0.05) is 47.5 Å². The molecular formula is C35H34Cl2N6O7S2. The number of anilines is 4. The van der Waals surface area contributed by atoms with Crippen LogP contribution in [0.2, 0.25) is 10.0 Å². The average Bonchev–Trinajstić information content (AvgIpc) is 3.08. The van der Waals surface area contributed by atoms with E-state index in [0.29, 0.717) is 44.0 Å². The predicted molar refractivity (Wildman–Crippen MR) is 207 cm³/mol. The molecular weight excluding hydrogens is 751 g/mol. The van der Waals surface area contributed by atoms with Crippen LogP contribution >= 0.6 is 48.5 Å². The van der Waals surface area contributed by atoms with Crippen molar-refractivity contribution >= 4 is 89.2 Å². The van der Waals surface area contributed by atoms with Crippen molar-refractivity contribution in [2.24, 2.45) is 0 Å². The van der Waals surface area contributed by atoms with Gasteiger partial charge in [-0.15, -0.1) is 25.3 Å². The quantitative estimate of drug-likeness (QED) is 0.0162. The van der Waals surface area contributed by atoms with Crippen molar-refractivity contribution in [1.82, 2.24) is 10.6 Å². The minimum Gasteiger partial charge on any atom is -0.471 e. The molecule has 272 valence electrons. The number of carbonyl (C=O) groups excluding carboxylic acids is 3. The molecule has 8 N–H and O–H groups in total. The monoisotopic (exact) mass is 784 g/mol. The highest BCUT2D eigenvalue weighted by atomic mass is 35.5. The summed E-state index contributed by atoms with van der Waals surface area (Å²) >= 11 is 21.0. The van der Waals surface area contributed by atoms with Crippen molar-refractivity contribution < 1.29 is 33.3 Å². The van der Waals surface area contributed by atoms with Gasteiger partial charge in [0.1, 0.15) is 34.4 Å². The van der Waals surface area contributed by atoms with Crippen molar-refractivity contribution in [2.45, 2.75) is 23.6 Å². The number of benzene rings is 4. The SMILES string of the molecule is C/C(OC(=O)O/C(C)=C(\NCOc1ccc(S)cc1N)C(=O)Nc1ccccc1Cl)=C(/NCOc1ccc(S)cc1N)C(=O)Nc1ccccc1Cl. The van der Waals surface area contributed by atoms with Crippen LogP contribution in [-0.2, 0) is 19.1 Å². The normalized spacial score (nSPS) is 11.7. The second kappa shape index (κ2) is 18.8. The Labute approximate surface area is 320 Å². The zero-order valence-electron chi connectivity index (χ0n) is 27.7. The number of rotatable bonds is 14. The molecule has 0 aliphatic carbocycles. The standard InChI is InChI=1S/C35H34Cl2N6O7S2/c1-19(31(33(44)42-27-9-5-3-7-23(27)36)40-17-47-29-13-11-21(51)15-25(29)38)49-35(46)50-20(2)32(34(45)43-28-10-6-4-8-24(28)37)41-18-48-30-14-12-22(52)16-26(30)39/h3-16,40-41,51-52H,17-18,38-39H2,1-2H3,(H,42,44)(H,43,45)/b31-19-,32-20-. The van der Waals surface area contributed by atoms with Gasteiger partial charge in [0.15, 0.2) is 13.5 Å². The lowest BCUT2D eigenvalue weighted by Crippen LogP contribution is -2.32. The molecule has 0 aliphatic heterocycles. The van der Waals surface area contributed by atoms with Crippen molar-refractivity contribution in [3.8, 4) is 11.5 Å². The average molecular weight is 786 g/mol. The smallest absolute Gasteiger partial charge is 0.471 e. The second-order valence-electron chi connectivity index (χ2n) is 10.6. The minimum atomic E-state index is -1.28. The van der Waals surface area contributed by atoms with Gasteiger partial charge in [0.25, 0.3) is 11.8 Å². The Balaban J connectivity index is 1.55. The van der Waals surface area contributed by atoms with Gasteiger partial charge in [-0.2, -0.15) is 0 Å². The van der Waals surface area contributed by atoms with Crippen LogP contribution in [-0.4, -0.2) is 31.4 Å². The third-order valence-electron chi connectivity index (χ3n) is 6.82. The van der Waals surface area contributed by atoms with Gasteiger partial charge in [0.05, 0.1) is 32.8 Å². The van der Waals surface area contributed by atoms with Crippen molar-refractivity contribution in [3.05, 3.63) is 118 Å². The zero-order valence-corrected chi connectivity index (χ0v) is 31.0. The fraction of sp³-hybridized carbons (Fsp3) is 0.114. The van der Waals surface area contributed by atoms with Crippen molar-refractivity contribution in [1.29, 1.82) is 0 Å². The van der Waals surface area contributed by atoms with Crippen molar-refractivity contribution in [2.75, 3.05) is 35.6 Å². The molecule has 4 aromatic rings. The Hall–Kier alpha value is -5.35. The summed E-state index contributed by atoms with van der Waals surface area (Å²) in [5, 5.41) is 11.4. The summed E-state index contributed by atoms with van der Waals surface area (Å²) in [7, 11) is 0. The lowest BCUT2D eigenvalue weighted by molar-refractivity contribution is -0.114. The Kier molecular flexibility index (Phi) is 14.2. The summed E-state index contributed by atoms with van der Waals surface area (Å²) < 4.78 is 22.1. The Morgan fingerprint density at radius 1 is 0.635 bits per heavy atom. The molecule has 0 radical (unpaired) electrons. The molecule has 0 saturated carbocycles. The van der Waals surface area contributed by atoms with Gasteiger partial charge in [-0.3, -0.25) is 9.59 Å². The van der Waals surface area contributed by atoms with E-state index >= 15 is 0 Å². The lowest BCUT2D eigenvalue weighted by atomic mass is 10.3. The molecule has 4 rings (SSSR count). The summed E-state index contributed by atoms with van der Waals surface area (Å²) in [6, 6.07) is 22.8.